The molecule has 0 fully saturated rings. The summed E-state index contributed by atoms with van der Waals surface area (Å²) in [5.41, 5.74) is 13.6. The van der Waals surface area contributed by atoms with Gasteiger partial charge in [0, 0.05) is 6.54 Å². The summed E-state index contributed by atoms with van der Waals surface area (Å²) in [6, 6.07) is 8.35. The summed E-state index contributed by atoms with van der Waals surface area (Å²) in [6.07, 6.45) is 0. The standard InChI is InChI=1S/C14H18N4OS/c1-8(2)10-5-3-9(4-6-10)7-17-14-11(13(16)19)12(15)18-20-14/h3-6,8,17H,7H2,1-2H3,(H2,15,18)(H2,16,19). The number of aromatic nitrogens is 1. The van der Waals surface area contributed by atoms with Crippen LogP contribution in [0.5, 0.6) is 0 Å². The maximum atomic E-state index is 11.3. The van der Waals surface area contributed by atoms with Crippen LogP contribution in [-0.4, -0.2) is 10.3 Å². The first-order valence-electron chi connectivity index (χ1n) is 6.36. The van der Waals surface area contributed by atoms with Crippen LogP contribution in [0.4, 0.5) is 10.8 Å². The van der Waals surface area contributed by atoms with Crippen LogP contribution < -0.4 is 16.8 Å². The average molecular weight is 290 g/mol. The van der Waals surface area contributed by atoms with Gasteiger partial charge in [0.05, 0.1) is 0 Å². The Morgan fingerprint density at radius 3 is 2.55 bits per heavy atom. The minimum atomic E-state index is -0.561. The summed E-state index contributed by atoms with van der Waals surface area (Å²) in [6.45, 7) is 4.92. The van der Waals surface area contributed by atoms with E-state index in [0.29, 0.717) is 17.5 Å². The molecule has 20 heavy (non-hydrogen) atoms. The molecule has 1 heterocycles. The Balaban J connectivity index is 2.07. The summed E-state index contributed by atoms with van der Waals surface area (Å²) in [5.74, 6) is 0.133. The molecule has 5 N–H and O–H groups in total. The molecule has 0 radical (unpaired) electrons. The fourth-order valence-electron chi connectivity index (χ4n) is 1.86. The van der Waals surface area contributed by atoms with E-state index >= 15 is 0 Å². The molecule has 0 unspecified atom stereocenters. The highest BCUT2D eigenvalue weighted by atomic mass is 32.1. The fourth-order valence-corrected chi connectivity index (χ4v) is 2.58. The number of carbonyl (C=O) groups excluding carboxylic acids is 1. The van der Waals surface area contributed by atoms with Crippen molar-refractivity contribution in [2.45, 2.75) is 26.3 Å². The van der Waals surface area contributed by atoms with Crippen molar-refractivity contribution in [1.82, 2.24) is 4.37 Å². The van der Waals surface area contributed by atoms with Crippen LogP contribution in [0.3, 0.4) is 0 Å². The highest BCUT2D eigenvalue weighted by Crippen LogP contribution is 2.26. The number of hydrogen-bond donors (Lipinski definition) is 3. The Morgan fingerprint density at radius 2 is 2.00 bits per heavy atom. The SMILES string of the molecule is CC(C)c1ccc(CNc2snc(N)c2C(N)=O)cc1. The number of benzene rings is 1. The quantitative estimate of drug-likeness (QED) is 0.788. The van der Waals surface area contributed by atoms with E-state index in [0.717, 1.165) is 17.1 Å². The molecule has 0 saturated heterocycles. The first-order chi connectivity index (χ1) is 9.49. The van der Waals surface area contributed by atoms with E-state index in [-0.39, 0.29) is 11.4 Å². The third kappa shape index (κ3) is 3.08. The van der Waals surface area contributed by atoms with Gasteiger partial charge in [-0.15, -0.1) is 0 Å². The summed E-state index contributed by atoms with van der Waals surface area (Å²) in [7, 11) is 0. The maximum absolute atomic E-state index is 11.3. The third-order valence-electron chi connectivity index (χ3n) is 3.06. The van der Waals surface area contributed by atoms with Crippen molar-refractivity contribution in [2.24, 2.45) is 5.73 Å². The van der Waals surface area contributed by atoms with Crippen LogP contribution in [0.25, 0.3) is 0 Å². The van der Waals surface area contributed by atoms with Crippen molar-refractivity contribution in [3.05, 3.63) is 41.0 Å². The molecule has 1 aromatic carbocycles. The normalized spacial score (nSPS) is 10.8. The number of carbonyl (C=O) groups is 1. The van der Waals surface area contributed by atoms with Crippen molar-refractivity contribution < 1.29 is 4.79 Å². The van der Waals surface area contributed by atoms with Gasteiger partial charge < -0.3 is 16.8 Å². The molecule has 0 aliphatic rings. The molecule has 0 aliphatic heterocycles. The molecule has 0 atom stereocenters. The van der Waals surface area contributed by atoms with E-state index in [1.54, 1.807) is 0 Å². The number of nitrogens with one attached hydrogen (secondary N) is 1. The molecule has 1 aromatic heterocycles. The van der Waals surface area contributed by atoms with E-state index in [4.69, 9.17) is 11.5 Å². The van der Waals surface area contributed by atoms with Crippen molar-refractivity contribution in [1.29, 1.82) is 0 Å². The number of nitrogens with two attached hydrogens (primary N) is 2. The molecule has 106 valence electrons. The van der Waals surface area contributed by atoms with Gasteiger partial charge in [-0.05, 0) is 28.6 Å². The summed E-state index contributed by atoms with van der Waals surface area (Å²) in [4.78, 5) is 11.3. The molecule has 0 bridgehead atoms. The first-order valence-corrected chi connectivity index (χ1v) is 7.14. The van der Waals surface area contributed by atoms with Gasteiger partial charge in [-0.25, -0.2) is 0 Å². The highest BCUT2D eigenvalue weighted by Gasteiger charge is 2.16. The molecule has 0 saturated carbocycles. The monoisotopic (exact) mass is 290 g/mol. The first kappa shape index (κ1) is 14.3. The number of nitrogens with zero attached hydrogens (tertiary/aromatic N) is 1. The van der Waals surface area contributed by atoms with E-state index in [9.17, 15) is 4.79 Å². The van der Waals surface area contributed by atoms with Crippen LogP contribution in [0.15, 0.2) is 24.3 Å². The minimum Gasteiger partial charge on any atom is -0.382 e. The Kier molecular flexibility index (Phi) is 4.24. The van der Waals surface area contributed by atoms with E-state index in [1.807, 2.05) is 0 Å². The molecular weight excluding hydrogens is 272 g/mol. The second kappa shape index (κ2) is 5.92. The van der Waals surface area contributed by atoms with Gasteiger partial charge in [0.15, 0.2) is 5.82 Å². The van der Waals surface area contributed by atoms with Gasteiger partial charge in [0.1, 0.15) is 10.6 Å². The number of primary amides is 1. The Bertz CT molecular complexity index is 604. The molecule has 5 nitrogen and oxygen atoms in total. The molecule has 0 spiro atoms. The lowest BCUT2D eigenvalue weighted by atomic mass is 10.0. The molecule has 6 heteroatoms. The number of anilines is 2. The van der Waals surface area contributed by atoms with Gasteiger partial charge in [0.2, 0.25) is 0 Å². The Morgan fingerprint density at radius 1 is 1.35 bits per heavy atom. The fraction of sp³-hybridized carbons (Fsp3) is 0.286. The van der Waals surface area contributed by atoms with Crippen LogP contribution in [0, 0.1) is 0 Å². The van der Waals surface area contributed by atoms with Crippen LogP contribution in [-0.2, 0) is 6.54 Å². The second-order valence-electron chi connectivity index (χ2n) is 4.89. The molecule has 2 rings (SSSR count). The topological polar surface area (TPSA) is 94.0 Å². The predicted octanol–water partition coefficient (Wildman–Crippen LogP) is 2.56. The number of nitrogen functional groups attached to an aromatic ring is 1. The number of amides is 1. The van der Waals surface area contributed by atoms with Gasteiger partial charge in [0.25, 0.3) is 5.91 Å². The highest BCUT2D eigenvalue weighted by molar-refractivity contribution is 7.11. The largest absolute Gasteiger partial charge is 0.382 e. The summed E-state index contributed by atoms with van der Waals surface area (Å²) in [5, 5.41) is 3.77. The number of rotatable bonds is 5. The van der Waals surface area contributed by atoms with Crippen molar-refractivity contribution >= 4 is 28.3 Å². The van der Waals surface area contributed by atoms with Gasteiger partial charge in [-0.1, -0.05) is 38.1 Å². The third-order valence-corrected chi connectivity index (χ3v) is 3.88. The lowest BCUT2D eigenvalue weighted by Crippen LogP contribution is -2.14. The molecule has 0 aliphatic carbocycles. The molecular formula is C14H18N4OS. The van der Waals surface area contributed by atoms with Crippen LogP contribution >= 0.6 is 11.5 Å². The Hall–Kier alpha value is -2.08. The maximum Gasteiger partial charge on any atom is 0.255 e. The lowest BCUT2D eigenvalue weighted by Gasteiger charge is -2.08. The van der Waals surface area contributed by atoms with Gasteiger partial charge >= 0.3 is 0 Å². The molecule has 2 aromatic rings. The summed E-state index contributed by atoms with van der Waals surface area (Å²) >= 11 is 1.14. The smallest absolute Gasteiger partial charge is 0.255 e. The average Bonchev–Trinajstić information content (AvgIpc) is 2.78. The Labute approximate surface area is 122 Å². The lowest BCUT2D eigenvalue weighted by molar-refractivity contribution is 0.100. The van der Waals surface area contributed by atoms with Crippen LogP contribution in [0.1, 0.15) is 41.3 Å². The van der Waals surface area contributed by atoms with Crippen molar-refractivity contribution in [3.63, 3.8) is 0 Å². The van der Waals surface area contributed by atoms with E-state index in [1.165, 1.54) is 5.56 Å². The van der Waals surface area contributed by atoms with Crippen molar-refractivity contribution in [3.8, 4) is 0 Å². The van der Waals surface area contributed by atoms with E-state index in [2.05, 4.69) is 47.8 Å². The zero-order valence-corrected chi connectivity index (χ0v) is 12.3. The van der Waals surface area contributed by atoms with Gasteiger partial charge in [-0.3, -0.25) is 4.79 Å². The van der Waals surface area contributed by atoms with Gasteiger partial charge in [-0.2, -0.15) is 4.37 Å². The summed E-state index contributed by atoms with van der Waals surface area (Å²) < 4.78 is 3.94. The zero-order valence-electron chi connectivity index (χ0n) is 11.5. The predicted molar refractivity (Wildman–Crippen MR) is 82.9 cm³/mol. The van der Waals surface area contributed by atoms with E-state index < -0.39 is 5.91 Å². The minimum absolute atomic E-state index is 0.181. The number of hydrogen-bond acceptors (Lipinski definition) is 5. The second-order valence-corrected chi connectivity index (χ2v) is 5.66. The van der Waals surface area contributed by atoms with Crippen molar-refractivity contribution in [2.75, 3.05) is 11.1 Å². The zero-order chi connectivity index (χ0) is 14.7. The van der Waals surface area contributed by atoms with Crippen LogP contribution in [0.2, 0.25) is 0 Å². The molecule has 1 amide bonds.